The molecule has 0 radical (unpaired) electrons. The third-order valence-electron chi connectivity index (χ3n) is 4.32. The van der Waals surface area contributed by atoms with Gasteiger partial charge in [-0.05, 0) is 43.9 Å². The van der Waals surface area contributed by atoms with Crippen LogP contribution in [0.3, 0.4) is 0 Å². The van der Waals surface area contributed by atoms with E-state index >= 15 is 0 Å². The minimum Gasteiger partial charge on any atom is -0.468 e. The first kappa shape index (κ1) is 12.9. The second kappa shape index (κ2) is 4.60. The van der Waals surface area contributed by atoms with Crippen molar-refractivity contribution < 1.29 is 9.53 Å². The first-order valence-corrected chi connectivity index (χ1v) is 6.84. The van der Waals surface area contributed by atoms with E-state index in [1.54, 1.807) is 0 Å². The van der Waals surface area contributed by atoms with Crippen LogP contribution in [-0.4, -0.2) is 24.7 Å². The van der Waals surface area contributed by atoms with Crippen LogP contribution >= 0.6 is 0 Å². The Bertz CT molecular complexity index is 297. The van der Waals surface area contributed by atoms with E-state index in [1.807, 2.05) is 0 Å². The summed E-state index contributed by atoms with van der Waals surface area (Å²) in [5, 5.41) is 3.56. The molecule has 1 N–H and O–H groups in total. The number of ether oxygens (including phenoxy) is 1. The van der Waals surface area contributed by atoms with E-state index in [0.29, 0.717) is 11.5 Å². The lowest BCUT2D eigenvalue weighted by atomic mass is 9.83. The fraction of sp³-hybridized carbons (Fsp3) is 0.929. The Morgan fingerprint density at radius 1 is 1.18 bits per heavy atom. The molecular weight excluding hydrogens is 214 g/mol. The standard InChI is InChI=1S/C14H25NO2/c1-13(2)7-4-8-14(10-9-13,12(16)17-3)15-11-5-6-11/h11,15H,4-10H2,1-3H3. The van der Waals surface area contributed by atoms with Crippen molar-refractivity contribution in [2.75, 3.05) is 7.11 Å². The lowest BCUT2D eigenvalue weighted by Crippen LogP contribution is -2.53. The summed E-state index contributed by atoms with van der Waals surface area (Å²) in [6.45, 7) is 4.61. The molecule has 0 heterocycles. The van der Waals surface area contributed by atoms with Gasteiger partial charge in [0.1, 0.15) is 5.54 Å². The van der Waals surface area contributed by atoms with E-state index in [1.165, 1.54) is 26.4 Å². The monoisotopic (exact) mass is 239 g/mol. The molecule has 2 saturated carbocycles. The number of carbonyl (C=O) groups excluding carboxylic acids is 1. The highest BCUT2D eigenvalue weighted by atomic mass is 16.5. The highest BCUT2D eigenvalue weighted by molar-refractivity contribution is 5.81. The Morgan fingerprint density at radius 2 is 1.88 bits per heavy atom. The number of methoxy groups -OCH3 is 1. The summed E-state index contributed by atoms with van der Waals surface area (Å²) in [7, 11) is 1.51. The van der Waals surface area contributed by atoms with Gasteiger partial charge >= 0.3 is 5.97 Å². The van der Waals surface area contributed by atoms with Crippen molar-refractivity contribution in [3.63, 3.8) is 0 Å². The van der Waals surface area contributed by atoms with Crippen LogP contribution in [0.5, 0.6) is 0 Å². The van der Waals surface area contributed by atoms with Crippen LogP contribution in [0.4, 0.5) is 0 Å². The quantitative estimate of drug-likeness (QED) is 0.608. The van der Waals surface area contributed by atoms with Gasteiger partial charge in [-0.25, -0.2) is 0 Å². The summed E-state index contributed by atoms with van der Waals surface area (Å²) in [5.41, 5.74) is -0.0370. The maximum atomic E-state index is 12.1. The minimum atomic E-state index is -0.399. The Balaban J connectivity index is 2.11. The second-order valence-corrected chi connectivity index (χ2v) is 6.51. The summed E-state index contributed by atoms with van der Waals surface area (Å²) in [6, 6.07) is 0.551. The average Bonchev–Trinajstić information content (AvgIpc) is 3.08. The molecule has 3 heteroatoms. The molecule has 2 aliphatic rings. The predicted octanol–water partition coefficient (Wildman–Crippen LogP) is 2.64. The van der Waals surface area contributed by atoms with E-state index in [-0.39, 0.29) is 5.97 Å². The van der Waals surface area contributed by atoms with Crippen molar-refractivity contribution in [3.05, 3.63) is 0 Å². The maximum absolute atomic E-state index is 12.1. The van der Waals surface area contributed by atoms with E-state index < -0.39 is 5.54 Å². The van der Waals surface area contributed by atoms with Gasteiger partial charge in [0.15, 0.2) is 0 Å². The molecule has 2 fully saturated rings. The summed E-state index contributed by atoms with van der Waals surface area (Å²) < 4.78 is 5.04. The molecule has 17 heavy (non-hydrogen) atoms. The number of hydrogen-bond acceptors (Lipinski definition) is 3. The second-order valence-electron chi connectivity index (χ2n) is 6.51. The molecule has 0 aliphatic heterocycles. The topological polar surface area (TPSA) is 38.3 Å². The van der Waals surface area contributed by atoms with E-state index in [0.717, 1.165) is 25.7 Å². The van der Waals surface area contributed by atoms with Crippen molar-refractivity contribution in [1.82, 2.24) is 5.32 Å². The summed E-state index contributed by atoms with van der Waals surface area (Å²) in [6.07, 6.45) is 7.69. The van der Waals surface area contributed by atoms with Gasteiger partial charge in [0.25, 0.3) is 0 Å². The minimum absolute atomic E-state index is 0.0536. The predicted molar refractivity (Wildman–Crippen MR) is 67.8 cm³/mol. The Morgan fingerprint density at radius 3 is 2.47 bits per heavy atom. The fourth-order valence-electron chi connectivity index (χ4n) is 2.89. The zero-order valence-electron chi connectivity index (χ0n) is 11.3. The van der Waals surface area contributed by atoms with Gasteiger partial charge in [0.05, 0.1) is 7.11 Å². The Labute approximate surface area is 104 Å². The van der Waals surface area contributed by atoms with Gasteiger partial charge in [0.2, 0.25) is 0 Å². The zero-order chi connectivity index (χ0) is 12.5. The number of carbonyl (C=O) groups is 1. The number of esters is 1. The van der Waals surface area contributed by atoms with Crippen molar-refractivity contribution >= 4 is 5.97 Å². The van der Waals surface area contributed by atoms with E-state index in [2.05, 4.69) is 19.2 Å². The zero-order valence-corrected chi connectivity index (χ0v) is 11.3. The summed E-state index contributed by atoms with van der Waals surface area (Å²) in [5.74, 6) is -0.0536. The summed E-state index contributed by atoms with van der Waals surface area (Å²) in [4.78, 5) is 12.1. The molecule has 98 valence electrons. The smallest absolute Gasteiger partial charge is 0.326 e. The van der Waals surface area contributed by atoms with E-state index in [9.17, 15) is 4.79 Å². The van der Waals surface area contributed by atoms with Crippen molar-refractivity contribution in [2.45, 2.75) is 70.4 Å². The van der Waals surface area contributed by atoms with Gasteiger partial charge in [-0.15, -0.1) is 0 Å². The Hall–Kier alpha value is -0.570. The van der Waals surface area contributed by atoms with Crippen molar-refractivity contribution in [1.29, 1.82) is 0 Å². The van der Waals surface area contributed by atoms with Crippen molar-refractivity contribution in [3.8, 4) is 0 Å². The molecule has 0 saturated heterocycles. The van der Waals surface area contributed by atoms with Gasteiger partial charge in [-0.2, -0.15) is 0 Å². The first-order chi connectivity index (χ1) is 7.97. The normalized spacial score (nSPS) is 32.9. The Kier molecular flexibility index (Phi) is 3.48. The van der Waals surface area contributed by atoms with Gasteiger partial charge in [0, 0.05) is 6.04 Å². The molecule has 1 unspecified atom stereocenters. The van der Waals surface area contributed by atoms with Gasteiger partial charge < -0.3 is 4.74 Å². The highest BCUT2D eigenvalue weighted by Gasteiger charge is 2.45. The fourth-order valence-corrected chi connectivity index (χ4v) is 2.89. The molecule has 0 bridgehead atoms. The van der Waals surface area contributed by atoms with Gasteiger partial charge in [-0.1, -0.05) is 20.3 Å². The van der Waals surface area contributed by atoms with Crippen LogP contribution in [0.1, 0.15) is 58.8 Å². The lowest BCUT2D eigenvalue weighted by Gasteiger charge is -2.32. The molecule has 0 aromatic carbocycles. The SMILES string of the molecule is COC(=O)C1(NC2CC2)CCCC(C)(C)CC1. The average molecular weight is 239 g/mol. The van der Waals surface area contributed by atoms with Gasteiger partial charge in [-0.3, -0.25) is 10.1 Å². The summed E-state index contributed by atoms with van der Waals surface area (Å²) >= 11 is 0. The highest BCUT2D eigenvalue weighted by Crippen LogP contribution is 2.40. The van der Waals surface area contributed by atoms with Crippen LogP contribution < -0.4 is 5.32 Å². The molecule has 3 nitrogen and oxygen atoms in total. The van der Waals surface area contributed by atoms with Crippen LogP contribution in [0.2, 0.25) is 0 Å². The van der Waals surface area contributed by atoms with Crippen LogP contribution in [0.15, 0.2) is 0 Å². The van der Waals surface area contributed by atoms with Crippen LogP contribution in [0, 0.1) is 5.41 Å². The largest absolute Gasteiger partial charge is 0.468 e. The third kappa shape index (κ3) is 3.01. The molecular formula is C14H25NO2. The molecule has 0 amide bonds. The number of hydrogen-bond donors (Lipinski definition) is 1. The molecule has 2 aliphatic carbocycles. The number of rotatable bonds is 3. The van der Waals surface area contributed by atoms with Crippen molar-refractivity contribution in [2.24, 2.45) is 5.41 Å². The molecule has 0 spiro atoms. The molecule has 2 rings (SSSR count). The lowest BCUT2D eigenvalue weighted by molar-refractivity contribution is -0.149. The number of nitrogens with one attached hydrogen (secondary N) is 1. The molecule has 0 aromatic heterocycles. The first-order valence-electron chi connectivity index (χ1n) is 6.84. The maximum Gasteiger partial charge on any atom is 0.326 e. The van der Waals surface area contributed by atoms with Crippen LogP contribution in [0.25, 0.3) is 0 Å². The molecule has 0 aromatic rings. The molecule has 1 atom stereocenters. The third-order valence-corrected chi connectivity index (χ3v) is 4.32. The van der Waals surface area contributed by atoms with Crippen LogP contribution in [-0.2, 0) is 9.53 Å². The van der Waals surface area contributed by atoms with E-state index in [4.69, 9.17) is 4.74 Å².